The highest BCUT2D eigenvalue weighted by atomic mass is 32.1. The number of rotatable bonds is 5. The number of carbonyl (C=O) groups excluding carboxylic acids is 1. The highest BCUT2D eigenvalue weighted by Crippen LogP contribution is 2.22. The topological polar surface area (TPSA) is 99.1 Å². The zero-order valence-corrected chi connectivity index (χ0v) is 16.5. The van der Waals surface area contributed by atoms with Crippen molar-refractivity contribution in [2.45, 2.75) is 6.54 Å². The summed E-state index contributed by atoms with van der Waals surface area (Å²) in [4.78, 5) is 32.5. The van der Waals surface area contributed by atoms with E-state index >= 15 is 0 Å². The van der Waals surface area contributed by atoms with Gasteiger partial charge in [0.15, 0.2) is 10.4 Å². The van der Waals surface area contributed by atoms with Crippen molar-refractivity contribution in [1.82, 2.24) is 19.4 Å². The Bertz CT molecular complexity index is 1350. The molecule has 0 bridgehead atoms. The Kier molecular flexibility index (Phi) is 4.81. The lowest BCUT2D eigenvalue weighted by Crippen LogP contribution is -2.23. The normalized spacial score (nSPS) is 11.6. The van der Waals surface area contributed by atoms with Crippen LogP contribution >= 0.6 is 12.2 Å². The van der Waals surface area contributed by atoms with Gasteiger partial charge in [0.05, 0.1) is 22.1 Å². The van der Waals surface area contributed by atoms with Gasteiger partial charge in [-0.05, 0) is 56.6 Å². The molecule has 0 saturated carbocycles. The summed E-state index contributed by atoms with van der Waals surface area (Å²) in [5.74, 6) is -1.53. The smallest absolute Gasteiger partial charge is 0.408 e. The quantitative estimate of drug-likeness (QED) is 0.435. The molecule has 4 aromatic rings. The molecule has 0 spiro atoms. The van der Waals surface area contributed by atoms with E-state index in [-0.39, 0.29) is 5.56 Å². The van der Waals surface area contributed by atoms with E-state index in [0.29, 0.717) is 45.7 Å². The largest absolute Gasteiger partial charge is 0.419 e. The first-order valence-electron chi connectivity index (χ1n) is 8.83. The van der Waals surface area contributed by atoms with Crippen molar-refractivity contribution in [3.8, 4) is 0 Å². The zero-order valence-electron chi connectivity index (χ0n) is 15.7. The molecule has 2 heterocycles. The van der Waals surface area contributed by atoms with E-state index in [1.54, 1.807) is 18.2 Å². The highest BCUT2D eigenvalue weighted by molar-refractivity contribution is 7.71. The summed E-state index contributed by atoms with van der Waals surface area (Å²) in [5.41, 5.74) is 2.39. The lowest BCUT2D eigenvalue weighted by Gasteiger charge is -2.10. The molecule has 0 saturated heterocycles. The number of fused-ring (bicyclic) bond motifs is 2. The van der Waals surface area contributed by atoms with Crippen molar-refractivity contribution < 1.29 is 13.6 Å². The number of aromatic nitrogens is 3. The Labute approximate surface area is 168 Å². The molecule has 0 aliphatic heterocycles. The van der Waals surface area contributed by atoms with Gasteiger partial charge in [-0.15, -0.1) is 0 Å². The second kappa shape index (κ2) is 7.30. The van der Waals surface area contributed by atoms with E-state index in [9.17, 15) is 14.0 Å². The molecular formula is C19H18FN5O3S. The fourth-order valence-corrected chi connectivity index (χ4v) is 3.35. The number of hydrogen-bond donors (Lipinski definition) is 3. The van der Waals surface area contributed by atoms with Crippen molar-refractivity contribution in [2.24, 2.45) is 0 Å². The van der Waals surface area contributed by atoms with Crippen LogP contribution < -0.4 is 11.1 Å². The van der Waals surface area contributed by atoms with Crippen LogP contribution in [0.3, 0.4) is 0 Å². The van der Waals surface area contributed by atoms with Crippen LogP contribution in [0.2, 0.25) is 0 Å². The maximum Gasteiger partial charge on any atom is 0.419 e. The third-order valence-corrected chi connectivity index (χ3v) is 4.73. The summed E-state index contributed by atoms with van der Waals surface area (Å²) in [6.45, 7) is 1.10. The molecule has 0 fully saturated rings. The predicted octanol–water partition coefficient (Wildman–Crippen LogP) is 3.09. The molecule has 10 heteroatoms. The zero-order chi connectivity index (χ0) is 20.7. The minimum atomic E-state index is -0.560. The SMILES string of the molecule is CN(C)CCn1c(=O)oc2ccc(NC(=O)c3cc(F)cc4[nH]c(=S)[nH]c34)cc21. The average molecular weight is 415 g/mol. The van der Waals surface area contributed by atoms with Crippen LogP contribution in [0.5, 0.6) is 0 Å². The minimum absolute atomic E-state index is 0.115. The van der Waals surface area contributed by atoms with Gasteiger partial charge in [0.25, 0.3) is 5.91 Å². The van der Waals surface area contributed by atoms with Crippen LogP contribution in [0, 0.1) is 10.6 Å². The van der Waals surface area contributed by atoms with Crippen molar-refractivity contribution in [2.75, 3.05) is 26.0 Å². The highest BCUT2D eigenvalue weighted by Gasteiger charge is 2.16. The number of carbonyl (C=O) groups is 1. The fraction of sp³-hybridized carbons (Fsp3) is 0.211. The molecule has 150 valence electrons. The molecule has 4 rings (SSSR count). The number of hydrogen-bond acceptors (Lipinski definition) is 5. The Morgan fingerprint density at radius 1 is 1.28 bits per heavy atom. The molecule has 0 atom stereocenters. The number of nitrogens with one attached hydrogen (secondary N) is 3. The molecule has 1 amide bonds. The third-order valence-electron chi connectivity index (χ3n) is 4.53. The van der Waals surface area contributed by atoms with Gasteiger partial charge in [-0.2, -0.15) is 0 Å². The predicted molar refractivity (Wildman–Crippen MR) is 110 cm³/mol. The van der Waals surface area contributed by atoms with Crippen molar-refractivity contribution in [1.29, 1.82) is 0 Å². The Morgan fingerprint density at radius 3 is 2.83 bits per heavy atom. The number of halogens is 1. The van der Waals surface area contributed by atoms with Crippen LogP contribution in [-0.4, -0.2) is 46.0 Å². The number of nitrogens with zero attached hydrogens (tertiary/aromatic N) is 2. The maximum absolute atomic E-state index is 13.9. The van der Waals surface area contributed by atoms with Gasteiger partial charge in [-0.25, -0.2) is 9.18 Å². The molecular weight excluding hydrogens is 397 g/mol. The molecule has 8 nitrogen and oxygen atoms in total. The number of anilines is 1. The second-order valence-electron chi connectivity index (χ2n) is 6.91. The van der Waals surface area contributed by atoms with Crippen molar-refractivity contribution in [3.05, 3.63) is 57.0 Å². The van der Waals surface area contributed by atoms with E-state index in [0.717, 1.165) is 6.07 Å². The van der Waals surface area contributed by atoms with Gasteiger partial charge >= 0.3 is 5.76 Å². The number of imidazole rings is 1. The number of aromatic amines is 2. The van der Waals surface area contributed by atoms with Crippen LogP contribution in [0.4, 0.5) is 10.1 Å². The Hall–Kier alpha value is -3.24. The molecule has 3 N–H and O–H groups in total. The standard InChI is InChI=1S/C19H18FN5O3S/c1-24(2)5-6-25-14-9-11(3-4-15(14)28-19(25)27)21-17(26)12-7-10(20)8-13-16(12)23-18(29)22-13/h3-4,7-9H,5-6H2,1-2H3,(H,21,26)(H2,22,23,29). The molecule has 0 aliphatic rings. The first-order chi connectivity index (χ1) is 13.8. The van der Waals surface area contributed by atoms with Crippen molar-refractivity contribution in [3.63, 3.8) is 0 Å². The van der Waals surface area contributed by atoms with Crippen LogP contribution in [0.15, 0.2) is 39.5 Å². The number of oxazole rings is 1. The van der Waals surface area contributed by atoms with E-state index < -0.39 is 17.5 Å². The summed E-state index contributed by atoms with van der Waals surface area (Å²) >= 11 is 5.03. The first-order valence-corrected chi connectivity index (χ1v) is 9.23. The number of benzene rings is 2. The molecule has 0 unspecified atom stereocenters. The second-order valence-corrected chi connectivity index (χ2v) is 7.32. The number of amides is 1. The van der Waals surface area contributed by atoms with E-state index in [1.807, 2.05) is 19.0 Å². The number of likely N-dealkylation sites (N-methyl/N-ethyl adjacent to an activating group) is 1. The Balaban J connectivity index is 1.69. The molecule has 29 heavy (non-hydrogen) atoms. The Morgan fingerprint density at radius 2 is 2.07 bits per heavy atom. The van der Waals surface area contributed by atoms with E-state index in [2.05, 4.69) is 15.3 Å². The fourth-order valence-electron chi connectivity index (χ4n) is 3.14. The van der Waals surface area contributed by atoms with E-state index in [1.165, 1.54) is 10.6 Å². The molecule has 2 aromatic heterocycles. The van der Waals surface area contributed by atoms with Gasteiger partial charge in [-0.3, -0.25) is 9.36 Å². The lowest BCUT2D eigenvalue weighted by atomic mass is 10.1. The lowest BCUT2D eigenvalue weighted by molar-refractivity contribution is 0.102. The molecule has 0 aliphatic carbocycles. The maximum atomic E-state index is 13.9. The van der Waals surface area contributed by atoms with Gasteiger partial charge in [0.2, 0.25) is 0 Å². The van der Waals surface area contributed by atoms with Crippen molar-refractivity contribution >= 4 is 45.9 Å². The van der Waals surface area contributed by atoms with Gasteiger partial charge in [-0.1, -0.05) is 0 Å². The molecule has 0 radical (unpaired) electrons. The summed E-state index contributed by atoms with van der Waals surface area (Å²) < 4.78 is 21.0. The number of H-pyrrole nitrogens is 2. The minimum Gasteiger partial charge on any atom is -0.408 e. The summed E-state index contributed by atoms with van der Waals surface area (Å²) in [5, 5.41) is 2.74. The summed E-state index contributed by atoms with van der Waals surface area (Å²) in [7, 11) is 3.82. The molecule has 2 aromatic carbocycles. The van der Waals surface area contributed by atoms with Gasteiger partial charge in [0, 0.05) is 18.8 Å². The van der Waals surface area contributed by atoms with E-state index in [4.69, 9.17) is 16.6 Å². The monoisotopic (exact) mass is 415 g/mol. The third kappa shape index (κ3) is 3.71. The average Bonchev–Trinajstić information content (AvgIpc) is 3.17. The van der Waals surface area contributed by atoms with Gasteiger partial charge in [0.1, 0.15) is 5.82 Å². The van der Waals surface area contributed by atoms with Crippen LogP contribution in [-0.2, 0) is 6.54 Å². The van der Waals surface area contributed by atoms with Crippen LogP contribution in [0.25, 0.3) is 22.1 Å². The summed E-state index contributed by atoms with van der Waals surface area (Å²) in [6, 6.07) is 7.29. The van der Waals surface area contributed by atoms with Crippen LogP contribution in [0.1, 0.15) is 10.4 Å². The van der Waals surface area contributed by atoms with Gasteiger partial charge < -0.3 is 24.6 Å². The summed E-state index contributed by atoms with van der Waals surface area (Å²) in [6.07, 6.45) is 0. The first kappa shape index (κ1) is 19.1.